The average Bonchev–Trinajstić information content (AvgIpc) is 2.65. The third-order valence-electron chi connectivity index (χ3n) is 4.34. The molecule has 1 aromatic carbocycles. The second-order valence-corrected chi connectivity index (χ2v) is 6.66. The van der Waals surface area contributed by atoms with E-state index in [1.807, 2.05) is 13.8 Å². The van der Waals surface area contributed by atoms with Crippen LogP contribution in [-0.4, -0.2) is 45.3 Å². The third kappa shape index (κ3) is 12.4. The van der Waals surface area contributed by atoms with Crippen molar-refractivity contribution in [3.8, 4) is 0 Å². The minimum absolute atomic E-state index is 0.122. The van der Waals surface area contributed by atoms with Crippen LogP contribution in [0.25, 0.3) is 0 Å². The first-order valence-electron chi connectivity index (χ1n) is 10.4. The Morgan fingerprint density at radius 1 is 0.885 bits per heavy atom. The lowest BCUT2D eigenvalue weighted by Gasteiger charge is -2.17. The first-order valence-corrected chi connectivity index (χ1v) is 10.4. The van der Waals surface area contributed by atoms with Gasteiger partial charge in [-0.1, -0.05) is 30.3 Å². The van der Waals surface area contributed by atoms with Crippen molar-refractivity contribution in [2.75, 3.05) is 32.9 Å². The zero-order chi connectivity index (χ0) is 18.9. The van der Waals surface area contributed by atoms with Gasteiger partial charge in [-0.3, -0.25) is 0 Å². The maximum absolute atomic E-state index is 5.93. The SMILES string of the molecule is CCOC(CNCCCCC(C)OCCCCc1ccccc1)OCC. The van der Waals surface area contributed by atoms with Crippen molar-refractivity contribution in [2.45, 2.75) is 71.7 Å². The Labute approximate surface area is 160 Å². The highest BCUT2D eigenvalue weighted by molar-refractivity contribution is 5.14. The predicted octanol–water partition coefficient (Wildman–Crippen LogP) is 4.57. The molecule has 1 N–H and O–H groups in total. The summed E-state index contributed by atoms with van der Waals surface area (Å²) in [6, 6.07) is 10.7. The molecule has 0 aliphatic carbocycles. The lowest BCUT2D eigenvalue weighted by Crippen LogP contribution is -2.32. The standard InChI is InChI=1S/C22H39NO3/c1-4-24-22(25-5-2)19-23-17-11-9-13-20(3)26-18-12-10-16-21-14-7-6-8-15-21/h6-8,14-15,20,22-23H,4-5,9-13,16-19H2,1-3H3. The van der Waals surface area contributed by atoms with E-state index in [2.05, 4.69) is 42.6 Å². The molecule has 4 heteroatoms. The quantitative estimate of drug-likeness (QED) is 0.324. The molecule has 4 nitrogen and oxygen atoms in total. The number of nitrogens with one attached hydrogen (secondary N) is 1. The fourth-order valence-corrected chi connectivity index (χ4v) is 2.88. The van der Waals surface area contributed by atoms with Gasteiger partial charge in [0.05, 0.1) is 6.10 Å². The molecule has 150 valence electrons. The van der Waals surface area contributed by atoms with Gasteiger partial charge >= 0.3 is 0 Å². The molecule has 0 aromatic heterocycles. The van der Waals surface area contributed by atoms with Gasteiger partial charge in [-0.2, -0.15) is 0 Å². The number of aryl methyl sites for hydroxylation is 1. The van der Waals surface area contributed by atoms with Crippen LogP contribution in [0, 0.1) is 0 Å². The smallest absolute Gasteiger partial charge is 0.169 e. The van der Waals surface area contributed by atoms with Crippen LogP contribution in [0.15, 0.2) is 30.3 Å². The molecule has 0 heterocycles. The van der Waals surface area contributed by atoms with Crippen LogP contribution < -0.4 is 5.32 Å². The Kier molecular flexibility index (Phi) is 14.4. The number of hydrogen-bond donors (Lipinski definition) is 1. The molecular formula is C22H39NO3. The van der Waals surface area contributed by atoms with E-state index in [4.69, 9.17) is 14.2 Å². The zero-order valence-corrected chi connectivity index (χ0v) is 17.0. The Morgan fingerprint density at radius 3 is 2.31 bits per heavy atom. The highest BCUT2D eigenvalue weighted by Crippen LogP contribution is 2.08. The van der Waals surface area contributed by atoms with Gasteiger partial charge in [0.15, 0.2) is 6.29 Å². The number of unbranched alkanes of at least 4 members (excludes halogenated alkanes) is 2. The summed E-state index contributed by atoms with van der Waals surface area (Å²) < 4.78 is 17.0. The molecule has 1 rings (SSSR count). The van der Waals surface area contributed by atoms with Crippen LogP contribution in [0.4, 0.5) is 0 Å². The molecular weight excluding hydrogens is 326 g/mol. The summed E-state index contributed by atoms with van der Waals surface area (Å²) in [7, 11) is 0. The summed E-state index contributed by atoms with van der Waals surface area (Å²) in [4.78, 5) is 0. The predicted molar refractivity (Wildman–Crippen MR) is 109 cm³/mol. The van der Waals surface area contributed by atoms with E-state index in [0.717, 1.165) is 45.4 Å². The van der Waals surface area contributed by atoms with Crippen molar-refractivity contribution in [3.05, 3.63) is 35.9 Å². The van der Waals surface area contributed by atoms with Gasteiger partial charge < -0.3 is 19.5 Å². The van der Waals surface area contributed by atoms with E-state index in [1.165, 1.54) is 18.4 Å². The van der Waals surface area contributed by atoms with Gasteiger partial charge in [-0.25, -0.2) is 0 Å². The number of benzene rings is 1. The van der Waals surface area contributed by atoms with Crippen LogP contribution in [0.3, 0.4) is 0 Å². The molecule has 0 amide bonds. The zero-order valence-electron chi connectivity index (χ0n) is 17.0. The van der Waals surface area contributed by atoms with Gasteiger partial charge in [0.2, 0.25) is 0 Å². The maximum atomic E-state index is 5.93. The van der Waals surface area contributed by atoms with Crippen LogP contribution in [0.2, 0.25) is 0 Å². The third-order valence-corrected chi connectivity index (χ3v) is 4.34. The summed E-state index contributed by atoms with van der Waals surface area (Å²) in [6.07, 6.45) is 7.18. The van der Waals surface area contributed by atoms with E-state index in [0.29, 0.717) is 19.3 Å². The summed E-state index contributed by atoms with van der Waals surface area (Å²) in [5, 5.41) is 3.41. The maximum Gasteiger partial charge on any atom is 0.169 e. The molecule has 0 bridgehead atoms. The van der Waals surface area contributed by atoms with Gasteiger partial charge in [-0.05, 0) is 71.4 Å². The summed E-state index contributed by atoms with van der Waals surface area (Å²) in [6.45, 7) is 10.2. The Bertz CT molecular complexity index is 407. The van der Waals surface area contributed by atoms with Crippen LogP contribution in [0.1, 0.15) is 58.4 Å². The van der Waals surface area contributed by atoms with Crippen molar-refractivity contribution in [1.82, 2.24) is 5.32 Å². The van der Waals surface area contributed by atoms with E-state index in [9.17, 15) is 0 Å². The van der Waals surface area contributed by atoms with Crippen molar-refractivity contribution >= 4 is 0 Å². The van der Waals surface area contributed by atoms with E-state index >= 15 is 0 Å². The molecule has 0 radical (unpaired) electrons. The molecule has 1 atom stereocenters. The van der Waals surface area contributed by atoms with Gasteiger partial charge in [0.25, 0.3) is 0 Å². The highest BCUT2D eigenvalue weighted by Gasteiger charge is 2.07. The first-order chi connectivity index (χ1) is 12.8. The second kappa shape index (κ2) is 16.2. The van der Waals surface area contributed by atoms with Crippen molar-refractivity contribution in [2.24, 2.45) is 0 Å². The Morgan fingerprint density at radius 2 is 1.62 bits per heavy atom. The molecule has 0 saturated carbocycles. The second-order valence-electron chi connectivity index (χ2n) is 6.66. The topological polar surface area (TPSA) is 39.7 Å². The Hall–Kier alpha value is -0.940. The monoisotopic (exact) mass is 365 g/mol. The Balaban J connectivity index is 1.91. The minimum atomic E-state index is -0.122. The number of ether oxygens (including phenoxy) is 3. The largest absolute Gasteiger partial charge is 0.379 e. The summed E-state index contributed by atoms with van der Waals surface area (Å²) in [5.74, 6) is 0. The van der Waals surface area contributed by atoms with E-state index in [-0.39, 0.29) is 6.29 Å². The number of rotatable bonds is 17. The van der Waals surface area contributed by atoms with E-state index in [1.54, 1.807) is 0 Å². The van der Waals surface area contributed by atoms with E-state index < -0.39 is 0 Å². The molecule has 0 aliphatic rings. The molecule has 1 unspecified atom stereocenters. The van der Waals surface area contributed by atoms with Crippen molar-refractivity contribution in [1.29, 1.82) is 0 Å². The lowest BCUT2D eigenvalue weighted by atomic mass is 10.1. The molecule has 0 aliphatic heterocycles. The minimum Gasteiger partial charge on any atom is -0.379 e. The lowest BCUT2D eigenvalue weighted by molar-refractivity contribution is -0.132. The number of hydrogen-bond acceptors (Lipinski definition) is 4. The van der Waals surface area contributed by atoms with Gasteiger partial charge in [0.1, 0.15) is 0 Å². The van der Waals surface area contributed by atoms with Gasteiger partial charge in [0, 0.05) is 26.4 Å². The summed E-state index contributed by atoms with van der Waals surface area (Å²) >= 11 is 0. The molecule has 0 saturated heterocycles. The molecule has 0 fully saturated rings. The molecule has 26 heavy (non-hydrogen) atoms. The fraction of sp³-hybridized carbons (Fsp3) is 0.727. The van der Waals surface area contributed by atoms with Gasteiger partial charge in [-0.15, -0.1) is 0 Å². The highest BCUT2D eigenvalue weighted by atomic mass is 16.7. The molecule has 1 aromatic rings. The van der Waals surface area contributed by atoms with Crippen molar-refractivity contribution < 1.29 is 14.2 Å². The fourth-order valence-electron chi connectivity index (χ4n) is 2.88. The molecule has 0 spiro atoms. The van der Waals surface area contributed by atoms with Crippen LogP contribution >= 0.6 is 0 Å². The average molecular weight is 366 g/mol. The van der Waals surface area contributed by atoms with Crippen molar-refractivity contribution in [3.63, 3.8) is 0 Å². The van der Waals surface area contributed by atoms with Crippen LogP contribution in [-0.2, 0) is 20.6 Å². The normalized spacial score (nSPS) is 12.6. The summed E-state index contributed by atoms with van der Waals surface area (Å²) in [5.41, 5.74) is 1.42. The first kappa shape index (κ1) is 23.1. The van der Waals surface area contributed by atoms with Crippen LogP contribution in [0.5, 0.6) is 0 Å².